The van der Waals surface area contributed by atoms with Crippen molar-refractivity contribution >= 4 is 52.1 Å². The number of hydrogen-bond donors (Lipinski definition) is 2. The molecular formula is C17H11Cl3N2O2. The van der Waals surface area contributed by atoms with Gasteiger partial charge in [0.15, 0.2) is 5.76 Å². The smallest absolute Gasteiger partial charge is 0.291 e. The summed E-state index contributed by atoms with van der Waals surface area (Å²) in [6.07, 6.45) is 0. The van der Waals surface area contributed by atoms with E-state index in [1.165, 1.54) is 0 Å². The molecule has 7 heteroatoms. The quantitative estimate of drug-likeness (QED) is 0.568. The van der Waals surface area contributed by atoms with E-state index in [-0.39, 0.29) is 5.76 Å². The van der Waals surface area contributed by atoms with Crippen LogP contribution in [0.2, 0.25) is 15.1 Å². The van der Waals surface area contributed by atoms with E-state index >= 15 is 0 Å². The van der Waals surface area contributed by atoms with Gasteiger partial charge < -0.3 is 15.5 Å². The van der Waals surface area contributed by atoms with Gasteiger partial charge in [-0.05, 0) is 48.5 Å². The van der Waals surface area contributed by atoms with Crippen LogP contribution in [-0.2, 0) is 0 Å². The second-order valence-electron chi connectivity index (χ2n) is 4.99. The highest BCUT2D eigenvalue weighted by Gasteiger charge is 2.14. The van der Waals surface area contributed by atoms with Crippen LogP contribution in [0.4, 0.5) is 11.4 Å². The third kappa shape index (κ3) is 3.51. The molecule has 0 fully saturated rings. The average molecular weight is 382 g/mol. The lowest BCUT2D eigenvalue weighted by Gasteiger charge is -2.06. The molecule has 0 saturated carbocycles. The Morgan fingerprint density at radius 3 is 2.42 bits per heavy atom. The van der Waals surface area contributed by atoms with Crippen molar-refractivity contribution in [1.29, 1.82) is 0 Å². The van der Waals surface area contributed by atoms with E-state index < -0.39 is 5.91 Å². The Bertz CT molecular complexity index is 922. The molecule has 2 aromatic carbocycles. The summed E-state index contributed by atoms with van der Waals surface area (Å²) in [7, 11) is 0. The van der Waals surface area contributed by atoms with Crippen LogP contribution >= 0.6 is 34.8 Å². The largest absolute Gasteiger partial charge is 0.451 e. The lowest BCUT2D eigenvalue weighted by molar-refractivity contribution is 0.0997. The first kappa shape index (κ1) is 16.7. The molecule has 122 valence electrons. The molecular weight excluding hydrogens is 371 g/mol. The van der Waals surface area contributed by atoms with E-state index in [0.717, 1.165) is 0 Å². The van der Waals surface area contributed by atoms with Gasteiger partial charge in [0.05, 0.1) is 20.8 Å². The molecule has 1 aromatic heterocycles. The Morgan fingerprint density at radius 1 is 0.917 bits per heavy atom. The fraction of sp³-hybridized carbons (Fsp3) is 0. The van der Waals surface area contributed by atoms with Crippen molar-refractivity contribution in [1.82, 2.24) is 0 Å². The minimum Gasteiger partial charge on any atom is -0.451 e. The second-order valence-corrected chi connectivity index (χ2v) is 6.21. The van der Waals surface area contributed by atoms with Gasteiger partial charge in [-0.15, -0.1) is 0 Å². The Labute approximate surface area is 153 Å². The molecule has 3 N–H and O–H groups in total. The summed E-state index contributed by atoms with van der Waals surface area (Å²) in [5.41, 5.74) is 7.30. The fourth-order valence-electron chi connectivity index (χ4n) is 2.08. The van der Waals surface area contributed by atoms with Gasteiger partial charge in [-0.1, -0.05) is 34.8 Å². The lowest BCUT2D eigenvalue weighted by Crippen LogP contribution is -2.11. The number of carbonyl (C=O) groups is 1. The zero-order chi connectivity index (χ0) is 17.3. The third-order valence-electron chi connectivity index (χ3n) is 3.28. The van der Waals surface area contributed by atoms with Gasteiger partial charge >= 0.3 is 0 Å². The maximum atomic E-state index is 12.3. The Hall–Kier alpha value is -2.14. The van der Waals surface area contributed by atoms with Crippen molar-refractivity contribution in [3.05, 3.63) is 69.4 Å². The minimum absolute atomic E-state index is 0.143. The van der Waals surface area contributed by atoms with Crippen molar-refractivity contribution < 1.29 is 9.21 Å². The summed E-state index contributed by atoms with van der Waals surface area (Å²) >= 11 is 17.9. The van der Waals surface area contributed by atoms with Crippen molar-refractivity contribution in [2.45, 2.75) is 0 Å². The van der Waals surface area contributed by atoms with E-state index in [1.54, 1.807) is 48.5 Å². The number of carbonyl (C=O) groups excluding carboxylic acids is 1. The SMILES string of the molecule is Nc1ccc(NC(=O)c2ccc(-c3ccc(Cl)c(Cl)c3)o2)c(Cl)c1. The molecule has 0 aliphatic carbocycles. The van der Waals surface area contributed by atoms with E-state index in [4.69, 9.17) is 45.0 Å². The van der Waals surface area contributed by atoms with Crippen LogP contribution in [0.25, 0.3) is 11.3 Å². The number of rotatable bonds is 3. The highest BCUT2D eigenvalue weighted by Crippen LogP contribution is 2.30. The molecule has 3 rings (SSSR count). The second kappa shape index (κ2) is 6.77. The van der Waals surface area contributed by atoms with Crippen LogP contribution in [0.3, 0.4) is 0 Å². The summed E-state index contributed by atoms with van der Waals surface area (Å²) < 4.78 is 5.58. The molecule has 0 saturated heterocycles. The topological polar surface area (TPSA) is 68.3 Å². The average Bonchev–Trinajstić information content (AvgIpc) is 3.03. The maximum absolute atomic E-state index is 12.3. The first-order chi connectivity index (χ1) is 11.4. The molecule has 0 spiro atoms. The van der Waals surface area contributed by atoms with Crippen LogP contribution in [0.15, 0.2) is 52.9 Å². The number of amides is 1. The minimum atomic E-state index is -0.423. The number of benzene rings is 2. The monoisotopic (exact) mass is 380 g/mol. The zero-order valence-corrected chi connectivity index (χ0v) is 14.4. The summed E-state index contributed by atoms with van der Waals surface area (Å²) in [5.74, 6) is 0.221. The van der Waals surface area contributed by atoms with E-state index in [2.05, 4.69) is 5.32 Å². The van der Waals surface area contributed by atoms with E-state index in [0.29, 0.717) is 37.8 Å². The molecule has 1 heterocycles. The summed E-state index contributed by atoms with van der Waals surface area (Å²) in [5, 5.41) is 3.87. The predicted molar refractivity (Wildman–Crippen MR) is 98.0 cm³/mol. The normalized spacial score (nSPS) is 10.6. The van der Waals surface area contributed by atoms with E-state index in [1.807, 2.05) is 0 Å². The Kier molecular flexibility index (Phi) is 4.71. The van der Waals surface area contributed by atoms with Gasteiger partial charge in [0, 0.05) is 11.3 Å². The highest BCUT2D eigenvalue weighted by molar-refractivity contribution is 6.42. The van der Waals surface area contributed by atoms with Crippen LogP contribution < -0.4 is 11.1 Å². The van der Waals surface area contributed by atoms with Gasteiger partial charge in [-0.25, -0.2) is 0 Å². The molecule has 1 amide bonds. The molecule has 0 unspecified atom stereocenters. The van der Waals surface area contributed by atoms with Gasteiger partial charge in [0.1, 0.15) is 5.76 Å². The van der Waals surface area contributed by atoms with Crippen LogP contribution in [0.1, 0.15) is 10.6 Å². The van der Waals surface area contributed by atoms with Crippen molar-refractivity contribution in [3.63, 3.8) is 0 Å². The maximum Gasteiger partial charge on any atom is 0.291 e. The first-order valence-corrected chi connectivity index (χ1v) is 7.99. The number of nitrogens with one attached hydrogen (secondary N) is 1. The highest BCUT2D eigenvalue weighted by atomic mass is 35.5. The molecule has 3 aromatic rings. The van der Waals surface area contributed by atoms with Gasteiger partial charge in [0.25, 0.3) is 5.91 Å². The van der Waals surface area contributed by atoms with Gasteiger partial charge in [0.2, 0.25) is 0 Å². The molecule has 0 bridgehead atoms. The summed E-state index contributed by atoms with van der Waals surface area (Å²) in [4.78, 5) is 12.3. The van der Waals surface area contributed by atoms with Crippen molar-refractivity contribution in [2.24, 2.45) is 0 Å². The predicted octanol–water partition coefficient (Wildman–Crippen LogP) is 5.74. The molecule has 0 radical (unpaired) electrons. The molecule has 4 nitrogen and oxygen atoms in total. The number of nitrogen functional groups attached to an aromatic ring is 1. The van der Waals surface area contributed by atoms with Crippen molar-refractivity contribution in [3.8, 4) is 11.3 Å². The molecule has 24 heavy (non-hydrogen) atoms. The Balaban J connectivity index is 1.82. The fourth-order valence-corrected chi connectivity index (χ4v) is 2.62. The lowest BCUT2D eigenvalue weighted by atomic mass is 10.2. The standard InChI is InChI=1S/C17H11Cl3N2O2/c18-11-3-1-9(7-12(11)19)15-5-6-16(24-15)17(23)22-14-4-2-10(21)8-13(14)20/h1-8H,21H2,(H,22,23). The number of halogens is 3. The number of furan rings is 1. The van der Waals surface area contributed by atoms with Gasteiger partial charge in [-0.3, -0.25) is 4.79 Å². The number of hydrogen-bond acceptors (Lipinski definition) is 3. The third-order valence-corrected chi connectivity index (χ3v) is 4.33. The molecule has 0 aliphatic rings. The molecule has 0 atom stereocenters. The van der Waals surface area contributed by atoms with Gasteiger partial charge in [-0.2, -0.15) is 0 Å². The van der Waals surface area contributed by atoms with E-state index in [9.17, 15) is 4.79 Å². The Morgan fingerprint density at radius 2 is 1.71 bits per heavy atom. The van der Waals surface area contributed by atoms with Crippen molar-refractivity contribution in [2.75, 3.05) is 11.1 Å². The van der Waals surface area contributed by atoms with Crippen LogP contribution in [0.5, 0.6) is 0 Å². The molecule has 0 aliphatic heterocycles. The van der Waals surface area contributed by atoms with Crippen LogP contribution in [0, 0.1) is 0 Å². The number of nitrogens with two attached hydrogens (primary N) is 1. The zero-order valence-electron chi connectivity index (χ0n) is 12.1. The van der Waals surface area contributed by atoms with Crippen LogP contribution in [-0.4, -0.2) is 5.91 Å². The number of anilines is 2. The first-order valence-electron chi connectivity index (χ1n) is 6.85. The summed E-state index contributed by atoms with van der Waals surface area (Å²) in [6.45, 7) is 0. The summed E-state index contributed by atoms with van der Waals surface area (Å²) in [6, 6.07) is 13.2.